The summed E-state index contributed by atoms with van der Waals surface area (Å²) >= 11 is 0. The first-order valence-electron chi connectivity index (χ1n) is 9.83. The second-order valence-corrected chi connectivity index (χ2v) is 8.09. The van der Waals surface area contributed by atoms with Crippen LogP contribution in [0, 0.1) is 0 Å². The first kappa shape index (κ1) is 20.7. The van der Waals surface area contributed by atoms with Gasteiger partial charge in [0.15, 0.2) is 11.5 Å². The van der Waals surface area contributed by atoms with Gasteiger partial charge in [0.25, 0.3) is 0 Å². The van der Waals surface area contributed by atoms with E-state index in [0.717, 1.165) is 11.3 Å². The third-order valence-electron chi connectivity index (χ3n) is 4.79. The summed E-state index contributed by atoms with van der Waals surface area (Å²) in [5.74, 6) is 1.01. The van der Waals surface area contributed by atoms with Gasteiger partial charge in [-0.25, -0.2) is 0 Å². The quantitative estimate of drug-likeness (QED) is 0.825. The molecule has 2 amide bonds. The third kappa shape index (κ3) is 5.08. The molecule has 29 heavy (non-hydrogen) atoms. The second kappa shape index (κ2) is 8.55. The van der Waals surface area contributed by atoms with Crippen molar-refractivity contribution < 1.29 is 19.1 Å². The average molecular weight is 396 g/mol. The highest BCUT2D eigenvalue weighted by Gasteiger charge is 2.20. The van der Waals surface area contributed by atoms with Crippen molar-refractivity contribution in [3.8, 4) is 11.5 Å². The molecule has 1 aliphatic rings. The maximum Gasteiger partial charge on any atom is 0.226 e. The maximum absolute atomic E-state index is 12.6. The lowest BCUT2D eigenvalue weighted by atomic mass is 9.86. The number of rotatable bonds is 5. The van der Waals surface area contributed by atoms with Gasteiger partial charge >= 0.3 is 0 Å². The van der Waals surface area contributed by atoms with Gasteiger partial charge in [-0.2, -0.15) is 0 Å². The van der Waals surface area contributed by atoms with Gasteiger partial charge in [0, 0.05) is 37.3 Å². The number of hydrogen-bond donors (Lipinski definition) is 1. The molecule has 6 heteroatoms. The van der Waals surface area contributed by atoms with Crippen LogP contribution in [0.15, 0.2) is 42.5 Å². The van der Waals surface area contributed by atoms with E-state index >= 15 is 0 Å². The minimum atomic E-state index is -0.135. The fraction of sp³-hybridized carbons (Fsp3) is 0.391. The molecule has 0 bridgehead atoms. The zero-order chi connectivity index (χ0) is 21.0. The summed E-state index contributed by atoms with van der Waals surface area (Å²) < 4.78 is 11.1. The van der Waals surface area contributed by atoms with Crippen LogP contribution in [0.5, 0.6) is 11.5 Å². The predicted molar refractivity (Wildman–Crippen MR) is 114 cm³/mol. The number of anilines is 2. The number of benzene rings is 2. The summed E-state index contributed by atoms with van der Waals surface area (Å²) in [5.41, 5.74) is 2.48. The van der Waals surface area contributed by atoms with Crippen LogP contribution >= 0.6 is 0 Å². The Kier molecular flexibility index (Phi) is 6.11. The van der Waals surface area contributed by atoms with Gasteiger partial charge in [-0.05, 0) is 29.2 Å². The number of ether oxygens (including phenoxy) is 2. The van der Waals surface area contributed by atoms with E-state index in [1.54, 1.807) is 17.0 Å². The molecule has 0 unspecified atom stereocenters. The van der Waals surface area contributed by atoms with Crippen LogP contribution in [0.3, 0.4) is 0 Å². The Balaban J connectivity index is 1.69. The number of fused-ring (bicyclic) bond motifs is 1. The molecule has 1 aliphatic heterocycles. The summed E-state index contributed by atoms with van der Waals surface area (Å²) in [6, 6.07) is 13.2. The fourth-order valence-electron chi connectivity index (χ4n) is 3.34. The molecule has 0 fully saturated rings. The van der Waals surface area contributed by atoms with Gasteiger partial charge in [-0.1, -0.05) is 39.0 Å². The number of nitrogens with zero attached hydrogens (tertiary/aromatic N) is 1. The highest BCUT2D eigenvalue weighted by Crippen LogP contribution is 2.34. The third-order valence-corrected chi connectivity index (χ3v) is 4.79. The van der Waals surface area contributed by atoms with Gasteiger partial charge < -0.3 is 19.7 Å². The van der Waals surface area contributed by atoms with Gasteiger partial charge in [-0.3, -0.25) is 9.59 Å². The Bertz CT molecular complexity index is 902. The van der Waals surface area contributed by atoms with Crippen molar-refractivity contribution >= 4 is 23.2 Å². The Morgan fingerprint density at radius 3 is 2.41 bits per heavy atom. The van der Waals surface area contributed by atoms with E-state index in [0.29, 0.717) is 30.4 Å². The molecule has 0 aromatic heterocycles. The lowest BCUT2D eigenvalue weighted by Gasteiger charge is -2.25. The maximum atomic E-state index is 12.6. The highest BCUT2D eigenvalue weighted by atomic mass is 16.6. The Hall–Kier alpha value is -3.02. The van der Waals surface area contributed by atoms with E-state index in [1.165, 1.54) is 6.92 Å². The van der Waals surface area contributed by atoms with E-state index < -0.39 is 0 Å². The number of amides is 2. The van der Waals surface area contributed by atoms with Crippen LogP contribution in [0.2, 0.25) is 0 Å². The lowest BCUT2D eigenvalue weighted by molar-refractivity contribution is -0.117. The minimum absolute atomic E-state index is 0.0828. The van der Waals surface area contributed by atoms with Crippen LogP contribution in [0.4, 0.5) is 11.4 Å². The summed E-state index contributed by atoms with van der Waals surface area (Å²) in [4.78, 5) is 26.4. The lowest BCUT2D eigenvalue weighted by Crippen LogP contribution is -2.32. The Morgan fingerprint density at radius 2 is 1.72 bits per heavy atom. The second-order valence-electron chi connectivity index (χ2n) is 8.09. The van der Waals surface area contributed by atoms with E-state index in [-0.39, 0.29) is 30.2 Å². The summed E-state index contributed by atoms with van der Waals surface area (Å²) in [6.07, 6.45) is 0.187. The van der Waals surface area contributed by atoms with Crippen LogP contribution < -0.4 is 19.7 Å². The molecule has 0 saturated carbocycles. The SMILES string of the molecule is CC(=O)N(CCC(=O)Nc1ccccc1C(C)(C)C)c1ccc2c(c1)OCCO2. The van der Waals surface area contributed by atoms with Crippen LogP contribution in [-0.2, 0) is 15.0 Å². The van der Waals surface area contributed by atoms with Crippen LogP contribution in [-0.4, -0.2) is 31.6 Å². The van der Waals surface area contributed by atoms with Gasteiger partial charge in [0.1, 0.15) is 13.2 Å². The van der Waals surface area contributed by atoms with E-state index in [9.17, 15) is 9.59 Å². The number of hydrogen-bond acceptors (Lipinski definition) is 4. The van der Waals surface area contributed by atoms with Gasteiger partial charge in [-0.15, -0.1) is 0 Å². The summed E-state index contributed by atoms with van der Waals surface area (Å²) in [7, 11) is 0. The van der Waals surface area contributed by atoms with Crippen molar-refractivity contribution in [2.75, 3.05) is 30.0 Å². The molecule has 0 spiro atoms. The van der Waals surface area contributed by atoms with Crippen molar-refractivity contribution in [2.24, 2.45) is 0 Å². The smallest absolute Gasteiger partial charge is 0.226 e. The summed E-state index contributed by atoms with van der Waals surface area (Å²) in [6.45, 7) is 9.08. The number of carbonyl (C=O) groups is 2. The molecule has 1 N–H and O–H groups in total. The zero-order valence-corrected chi connectivity index (χ0v) is 17.5. The Morgan fingerprint density at radius 1 is 1.03 bits per heavy atom. The van der Waals surface area contributed by atoms with Crippen LogP contribution in [0.25, 0.3) is 0 Å². The van der Waals surface area contributed by atoms with Gasteiger partial charge in [0.05, 0.1) is 0 Å². The Labute approximate surface area is 171 Å². The molecule has 3 rings (SSSR count). The van der Waals surface area contributed by atoms with Crippen molar-refractivity contribution in [3.05, 3.63) is 48.0 Å². The molecular weight excluding hydrogens is 368 g/mol. The number of nitrogens with one attached hydrogen (secondary N) is 1. The van der Waals surface area contributed by atoms with Crippen molar-refractivity contribution in [1.82, 2.24) is 0 Å². The first-order valence-corrected chi connectivity index (χ1v) is 9.83. The van der Waals surface area contributed by atoms with Crippen molar-refractivity contribution in [2.45, 2.75) is 39.5 Å². The average Bonchev–Trinajstić information content (AvgIpc) is 2.67. The molecule has 1 heterocycles. The standard InChI is InChI=1S/C23H28N2O4/c1-16(26)25(17-9-10-20-21(15-17)29-14-13-28-20)12-11-22(27)24-19-8-6-5-7-18(19)23(2,3)4/h5-10,15H,11-14H2,1-4H3,(H,24,27). The summed E-state index contributed by atoms with van der Waals surface area (Å²) in [5, 5.41) is 2.99. The first-order chi connectivity index (χ1) is 13.8. The molecule has 0 aliphatic carbocycles. The molecule has 0 saturated heterocycles. The predicted octanol–water partition coefficient (Wildman–Crippen LogP) is 4.14. The minimum Gasteiger partial charge on any atom is -0.486 e. The molecule has 2 aromatic carbocycles. The molecule has 6 nitrogen and oxygen atoms in total. The molecule has 2 aromatic rings. The topological polar surface area (TPSA) is 67.9 Å². The molecule has 0 radical (unpaired) electrons. The molecule has 154 valence electrons. The van der Waals surface area contributed by atoms with Crippen LogP contribution in [0.1, 0.15) is 39.7 Å². The van der Waals surface area contributed by atoms with E-state index in [2.05, 4.69) is 26.1 Å². The monoisotopic (exact) mass is 396 g/mol. The van der Waals surface area contributed by atoms with E-state index in [4.69, 9.17) is 9.47 Å². The zero-order valence-electron chi connectivity index (χ0n) is 17.5. The molecular formula is C23H28N2O4. The fourth-order valence-corrected chi connectivity index (χ4v) is 3.34. The van der Waals surface area contributed by atoms with Crippen molar-refractivity contribution in [1.29, 1.82) is 0 Å². The highest BCUT2D eigenvalue weighted by molar-refractivity contribution is 5.95. The molecule has 0 atom stereocenters. The largest absolute Gasteiger partial charge is 0.486 e. The number of para-hydroxylation sites is 1. The normalized spacial score (nSPS) is 13.0. The number of carbonyl (C=O) groups excluding carboxylic acids is 2. The van der Waals surface area contributed by atoms with E-state index in [1.807, 2.05) is 30.3 Å². The van der Waals surface area contributed by atoms with Crippen molar-refractivity contribution in [3.63, 3.8) is 0 Å². The van der Waals surface area contributed by atoms with Gasteiger partial charge in [0.2, 0.25) is 11.8 Å².